The van der Waals surface area contributed by atoms with Crippen LogP contribution in [0.2, 0.25) is 0 Å². The van der Waals surface area contributed by atoms with Gasteiger partial charge in [0.05, 0.1) is 6.10 Å². The smallest absolute Gasteiger partial charge is 0.387 e. The summed E-state index contributed by atoms with van der Waals surface area (Å²) in [4.78, 5) is 4.15. The van der Waals surface area contributed by atoms with Crippen molar-refractivity contribution in [1.82, 2.24) is 10.6 Å². The van der Waals surface area contributed by atoms with E-state index in [0.29, 0.717) is 37.1 Å². The van der Waals surface area contributed by atoms with E-state index >= 15 is 0 Å². The van der Waals surface area contributed by atoms with Crippen LogP contribution in [0, 0.1) is 5.92 Å². The topological polar surface area (TPSA) is 54.9 Å². The van der Waals surface area contributed by atoms with Gasteiger partial charge >= 0.3 is 6.61 Å². The number of aliphatic imine (C=N–C) groups is 1. The average Bonchev–Trinajstić information content (AvgIpc) is 2.57. The number of hydrogen-bond acceptors (Lipinski definition) is 3. The first-order valence-electron chi connectivity index (χ1n) is 8.56. The summed E-state index contributed by atoms with van der Waals surface area (Å²) in [5.41, 5.74) is 0.639. The van der Waals surface area contributed by atoms with Crippen molar-refractivity contribution in [2.24, 2.45) is 10.9 Å². The second-order valence-electron chi connectivity index (χ2n) is 5.87. The van der Waals surface area contributed by atoms with Gasteiger partial charge in [-0.2, -0.15) is 8.78 Å². The van der Waals surface area contributed by atoms with Gasteiger partial charge in [0.1, 0.15) is 5.75 Å². The fourth-order valence-electron chi connectivity index (χ4n) is 2.42. The van der Waals surface area contributed by atoms with Gasteiger partial charge in [0.2, 0.25) is 0 Å². The molecule has 0 radical (unpaired) electrons. The molecule has 1 aromatic rings. The predicted molar refractivity (Wildman–Crippen MR) is 112 cm³/mol. The van der Waals surface area contributed by atoms with Gasteiger partial charge in [0.25, 0.3) is 0 Å². The van der Waals surface area contributed by atoms with Gasteiger partial charge in [-0.3, -0.25) is 4.99 Å². The molecule has 2 N–H and O–H groups in total. The molecule has 0 aliphatic heterocycles. The van der Waals surface area contributed by atoms with E-state index in [0.717, 1.165) is 6.42 Å². The molecule has 1 unspecified atom stereocenters. The zero-order valence-electron chi connectivity index (χ0n) is 15.8. The maximum absolute atomic E-state index is 12.4. The number of para-hydroxylation sites is 1. The zero-order valence-corrected chi connectivity index (χ0v) is 18.1. The van der Waals surface area contributed by atoms with E-state index in [1.807, 2.05) is 6.92 Å². The number of benzene rings is 1. The van der Waals surface area contributed by atoms with Crippen LogP contribution in [0.5, 0.6) is 5.75 Å². The van der Waals surface area contributed by atoms with Crippen molar-refractivity contribution in [3.8, 4) is 5.75 Å². The molecule has 1 rings (SSSR count). The van der Waals surface area contributed by atoms with Gasteiger partial charge in [-0.1, -0.05) is 32.0 Å². The van der Waals surface area contributed by atoms with E-state index in [2.05, 4.69) is 34.2 Å². The molecule has 8 heteroatoms. The van der Waals surface area contributed by atoms with Gasteiger partial charge in [-0.25, -0.2) is 0 Å². The minimum atomic E-state index is -2.84. The van der Waals surface area contributed by atoms with Crippen LogP contribution in [0.15, 0.2) is 29.3 Å². The highest BCUT2D eigenvalue weighted by molar-refractivity contribution is 14.0. The lowest BCUT2D eigenvalue weighted by molar-refractivity contribution is -0.0504. The monoisotopic (exact) mass is 485 g/mol. The Morgan fingerprint density at radius 3 is 2.46 bits per heavy atom. The molecule has 0 amide bonds. The second kappa shape index (κ2) is 14.0. The van der Waals surface area contributed by atoms with E-state index in [1.54, 1.807) is 25.2 Å². The Hall–Kier alpha value is -1.16. The summed E-state index contributed by atoms with van der Waals surface area (Å²) in [6.07, 6.45) is 1.05. The van der Waals surface area contributed by atoms with Crippen LogP contribution in [-0.4, -0.2) is 38.9 Å². The molecule has 0 aliphatic carbocycles. The summed E-state index contributed by atoms with van der Waals surface area (Å²) in [6, 6.07) is 6.70. The maximum atomic E-state index is 12.4. The summed E-state index contributed by atoms with van der Waals surface area (Å²) in [5.74, 6) is 1.21. The lowest BCUT2D eigenvalue weighted by atomic mass is 10.0. The van der Waals surface area contributed by atoms with E-state index in [9.17, 15) is 8.78 Å². The molecular weight excluding hydrogens is 455 g/mol. The fourth-order valence-corrected chi connectivity index (χ4v) is 2.42. The first-order chi connectivity index (χ1) is 12.0. The molecular formula is C18H30F2IN3O2. The largest absolute Gasteiger partial charge is 0.434 e. The lowest BCUT2D eigenvalue weighted by Gasteiger charge is -2.21. The number of nitrogens with one attached hydrogen (secondary N) is 2. The third-order valence-electron chi connectivity index (χ3n) is 3.70. The number of nitrogens with zero attached hydrogens (tertiary/aromatic N) is 1. The van der Waals surface area contributed by atoms with Gasteiger partial charge in [-0.15, -0.1) is 24.0 Å². The van der Waals surface area contributed by atoms with Crippen LogP contribution in [0.1, 0.15) is 32.8 Å². The number of hydrogen-bond donors (Lipinski definition) is 2. The molecule has 5 nitrogen and oxygen atoms in total. The van der Waals surface area contributed by atoms with Crippen LogP contribution in [0.4, 0.5) is 8.78 Å². The van der Waals surface area contributed by atoms with Crippen LogP contribution < -0.4 is 15.4 Å². The molecule has 0 heterocycles. The Bertz CT molecular complexity index is 531. The Morgan fingerprint density at radius 2 is 1.88 bits per heavy atom. The zero-order chi connectivity index (χ0) is 18.7. The summed E-state index contributed by atoms with van der Waals surface area (Å²) < 4.78 is 35.1. The van der Waals surface area contributed by atoms with E-state index in [1.165, 1.54) is 6.07 Å². The van der Waals surface area contributed by atoms with Gasteiger partial charge < -0.3 is 20.1 Å². The average molecular weight is 485 g/mol. The van der Waals surface area contributed by atoms with Crippen LogP contribution >= 0.6 is 24.0 Å². The predicted octanol–water partition coefficient (Wildman–Crippen LogP) is 4.02. The minimum absolute atomic E-state index is 0. The van der Waals surface area contributed by atoms with Crippen molar-refractivity contribution < 1.29 is 18.3 Å². The molecule has 0 spiro atoms. The van der Waals surface area contributed by atoms with Gasteiger partial charge in [0, 0.05) is 32.3 Å². The molecule has 0 saturated carbocycles. The molecule has 0 bridgehead atoms. The van der Waals surface area contributed by atoms with E-state index in [-0.39, 0.29) is 35.8 Å². The van der Waals surface area contributed by atoms with Crippen LogP contribution in [0.25, 0.3) is 0 Å². The minimum Gasteiger partial charge on any atom is -0.434 e. The van der Waals surface area contributed by atoms with Crippen molar-refractivity contribution >= 4 is 29.9 Å². The Balaban J connectivity index is 0.00000625. The van der Waals surface area contributed by atoms with Crippen LogP contribution in [-0.2, 0) is 11.3 Å². The lowest BCUT2D eigenvalue weighted by Crippen LogP contribution is -2.39. The summed E-state index contributed by atoms with van der Waals surface area (Å²) >= 11 is 0. The highest BCUT2D eigenvalue weighted by atomic mass is 127. The first-order valence-corrected chi connectivity index (χ1v) is 8.56. The third-order valence-corrected chi connectivity index (χ3v) is 3.70. The summed E-state index contributed by atoms with van der Waals surface area (Å²) in [5, 5.41) is 6.32. The van der Waals surface area contributed by atoms with Gasteiger partial charge in [-0.05, 0) is 25.3 Å². The molecule has 150 valence electrons. The van der Waals surface area contributed by atoms with E-state index < -0.39 is 6.61 Å². The summed E-state index contributed by atoms with van der Waals surface area (Å²) in [7, 11) is 1.67. The van der Waals surface area contributed by atoms with Crippen molar-refractivity contribution in [1.29, 1.82) is 0 Å². The highest BCUT2D eigenvalue weighted by Gasteiger charge is 2.13. The quantitative estimate of drug-likeness (QED) is 0.299. The molecule has 1 atom stereocenters. The first kappa shape index (κ1) is 24.8. The van der Waals surface area contributed by atoms with Crippen molar-refractivity contribution in [3.05, 3.63) is 29.8 Å². The molecule has 0 aliphatic rings. The maximum Gasteiger partial charge on any atom is 0.387 e. The van der Waals surface area contributed by atoms with Gasteiger partial charge in [0.15, 0.2) is 5.96 Å². The SMILES string of the molecule is CCOC(CCNC(=NC)NCc1ccccc1OC(F)F)C(C)C.I. The number of rotatable bonds is 10. The molecule has 0 saturated heterocycles. The summed E-state index contributed by atoms with van der Waals surface area (Å²) in [6.45, 7) is 5.14. The number of ether oxygens (including phenoxy) is 2. The molecule has 0 aromatic heterocycles. The van der Waals surface area contributed by atoms with Crippen molar-refractivity contribution in [2.75, 3.05) is 20.2 Å². The highest BCUT2D eigenvalue weighted by Crippen LogP contribution is 2.19. The number of guanidine groups is 1. The Kier molecular flexibility index (Phi) is 13.3. The molecule has 26 heavy (non-hydrogen) atoms. The van der Waals surface area contributed by atoms with E-state index in [4.69, 9.17) is 4.74 Å². The third kappa shape index (κ3) is 9.51. The Labute approximate surface area is 172 Å². The van der Waals surface area contributed by atoms with Crippen molar-refractivity contribution in [2.45, 2.75) is 46.5 Å². The number of halogens is 3. The molecule has 1 aromatic carbocycles. The molecule has 0 fully saturated rings. The fraction of sp³-hybridized carbons (Fsp3) is 0.611. The number of alkyl halides is 2. The second-order valence-corrected chi connectivity index (χ2v) is 5.87. The Morgan fingerprint density at radius 1 is 1.19 bits per heavy atom. The normalized spacial score (nSPS) is 12.7. The van der Waals surface area contributed by atoms with Crippen LogP contribution in [0.3, 0.4) is 0 Å². The van der Waals surface area contributed by atoms with Crippen molar-refractivity contribution in [3.63, 3.8) is 0 Å². The standard InChI is InChI=1S/C18H29F2N3O2.HI/c1-5-24-15(13(2)3)10-11-22-18(21-4)23-12-14-8-6-7-9-16(14)25-17(19)20;/h6-9,13,15,17H,5,10-12H2,1-4H3,(H2,21,22,23);1H.